The lowest BCUT2D eigenvalue weighted by molar-refractivity contribution is -0.122. The number of pyridine rings is 2. The van der Waals surface area contributed by atoms with Gasteiger partial charge in [0.25, 0.3) is 11.8 Å². The van der Waals surface area contributed by atoms with E-state index in [0.717, 1.165) is 22.9 Å². The predicted octanol–water partition coefficient (Wildman–Crippen LogP) is 4.96. The number of carbonyl (C=O) groups excluding carboxylic acids is 4. The molecule has 3 heterocycles. The number of esters is 1. The third-order valence-corrected chi connectivity index (χ3v) is 8.76. The second-order valence-corrected chi connectivity index (χ2v) is 12.1. The minimum Gasteiger partial charge on any atom is -0.459 e. The van der Waals surface area contributed by atoms with Gasteiger partial charge in [-0.15, -0.1) is 0 Å². The maximum Gasteiger partial charge on any atom is 0.339 e. The smallest absolute Gasteiger partial charge is 0.339 e. The number of benzene rings is 2. The number of nitrogens with zero attached hydrogens (tertiary/aromatic N) is 4. The number of fused-ring (bicyclic) bond motifs is 1. The predicted molar refractivity (Wildman–Crippen MR) is 172 cm³/mol. The summed E-state index contributed by atoms with van der Waals surface area (Å²) in [6.45, 7) is 3.74. The topological polar surface area (TPSA) is 122 Å². The van der Waals surface area contributed by atoms with Crippen molar-refractivity contribution in [1.29, 1.82) is 0 Å². The highest BCUT2D eigenvalue weighted by Gasteiger charge is 2.36. The first kappa shape index (κ1) is 31.5. The van der Waals surface area contributed by atoms with Gasteiger partial charge in [-0.05, 0) is 104 Å². The largest absolute Gasteiger partial charge is 0.459 e. The van der Waals surface area contributed by atoms with Gasteiger partial charge in [-0.2, -0.15) is 0 Å². The number of aromatic nitrogens is 2. The lowest BCUT2D eigenvalue weighted by Crippen LogP contribution is -2.45. The summed E-state index contributed by atoms with van der Waals surface area (Å²) in [7, 11) is 1.63. The van der Waals surface area contributed by atoms with Gasteiger partial charge in [0.2, 0.25) is 5.91 Å². The molecule has 1 saturated carbocycles. The fourth-order valence-electron chi connectivity index (χ4n) is 5.94. The molecule has 0 bridgehead atoms. The highest BCUT2D eigenvalue weighted by molar-refractivity contribution is 6.11. The molecule has 1 N–H and O–H groups in total. The molecule has 1 aliphatic heterocycles. The molecule has 0 unspecified atom stereocenters. The average molecular weight is 636 g/mol. The van der Waals surface area contributed by atoms with Crippen LogP contribution >= 0.6 is 0 Å². The van der Waals surface area contributed by atoms with Crippen LogP contribution in [0.25, 0.3) is 11.1 Å². The van der Waals surface area contributed by atoms with Crippen molar-refractivity contribution in [2.45, 2.75) is 45.4 Å². The van der Waals surface area contributed by atoms with E-state index in [1.54, 1.807) is 50.6 Å². The van der Waals surface area contributed by atoms with Crippen LogP contribution in [-0.4, -0.2) is 64.3 Å². The third-order valence-electron chi connectivity index (χ3n) is 8.76. The van der Waals surface area contributed by atoms with E-state index in [9.17, 15) is 23.6 Å². The number of hydrogen-bond acceptors (Lipinski definition) is 7. The van der Waals surface area contributed by atoms with E-state index in [0.29, 0.717) is 41.8 Å². The second kappa shape index (κ2) is 13.1. The third kappa shape index (κ3) is 6.74. The lowest BCUT2D eigenvalue weighted by atomic mass is 9.82. The molecule has 1 atom stereocenters. The summed E-state index contributed by atoms with van der Waals surface area (Å²) in [5.41, 5.74) is 4.23. The summed E-state index contributed by atoms with van der Waals surface area (Å²) in [4.78, 5) is 63.7. The summed E-state index contributed by atoms with van der Waals surface area (Å²) in [5, 5.41) is 2.84. The zero-order valence-electron chi connectivity index (χ0n) is 26.3. The summed E-state index contributed by atoms with van der Waals surface area (Å²) in [6, 6.07) is 15.5. The molecule has 1 aliphatic carbocycles. The van der Waals surface area contributed by atoms with E-state index < -0.39 is 23.7 Å². The van der Waals surface area contributed by atoms with Gasteiger partial charge in [0.1, 0.15) is 18.0 Å². The molecule has 2 aromatic carbocycles. The summed E-state index contributed by atoms with van der Waals surface area (Å²) in [6.07, 6.45) is 5.79. The molecule has 2 aliphatic rings. The van der Waals surface area contributed by atoms with E-state index >= 15 is 0 Å². The monoisotopic (exact) mass is 635 g/mol. The van der Waals surface area contributed by atoms with E-state index in [1.165, 1.54) is 28.1 Å². The van der Waals surface area contributed by atoms with Crippen molar-refractivity contribution < 1.29 is 28.3 Å². The molecule has 0 saturated heterocycles. The number of halogens is 1. The first-order valence-corrected chi connectivity index (χ1v) is 15.4. The molecule has 6 rings (SSSR count). The molecule has 0 radical (unpaired) electrons. The van der Waals surface area contributed by atoms with Crippen molar-refractivity contribution in [3.63, 3.8) is 0 Å². The van der Waals surface area contributed by atoms with Crippen LogP contribution in [-0.2, 0) is 16.1 Å². The highest BCUT2D eigenvalue weighted by Crippen LogP contribution is 2.33. The molecule has 11 heteroatoms. The van der Waals surface area contributed by atoms with Gasteiger partial charge < -0.3 is 19.9 Å². The zero-order valence-corrected chi connectivity index (χ0v) is 26.3. The average Bonchev–Trinajstić information content (AvgIpc) is 3.12. The number of hydrogen-bond donors (Lipinski definition) is 1. The standard InChI is InChI=1S/C36H34FN5O5/c1-21-4-5-27(19-39-21)36(46)47-30-14-23(15-30)18-40-33(43)28-12-24(13-29(37)16-28)20-42-22(2)34(44)41(3)32-17-26(6-7-31(32)35(42)45)25-8-10-38-11-9-25/h4-13,16-17,19,22-23,30H,14-15,18,20H2,1-3H3,(H,40,43)/t22-,23?,30?/m1/s1. The maximum absolute atomic E-state index is 14.8. The molecular formula is C36H34FN5O5. The summed E-state index contributed by atoms with van der Waals surface area (Å²) in [5.74, 6) is -2.08. The molecule has 1 fully saturated rings. The van der Waals surface area contributed by atoms with Gasteiger partial charge in [-0.25, -0.2) is 9.18 Å². The first-order chi connectivity index (χ1) is 22.6. The van der Waals surface area contributed by atoms with Crippen molar-refractivity contribution in [1.82, 2.24) is 20.2 Å². The molecule has 2 aromatic heterocycles. The molecule has 47 heavy (non-hydrogen) atoms. The Kier molecular flexibility index (Phi) is 8.80. The number of likely N-dealkylation sites (N-methyl/N-ethyl adjacent to an activating group) is 1. The van der Waals surface area contributed by atoms with Crippen LogP contribution in [0.5, 0.6) is 0 Å². The Labute approximate surface area is 271 Å². The Bertz CT molecular complexity index is 1840. The Morgan fingerprint density at radius 3 is 2.47 bits per heavy atom. The van der Waals surface area contributed by atoms with Gasteiger partial charge in [-0.3, -0.25) is 24.4 Å². The van der Waals surface area contributed by atoms with Gasteiger partial charge >= 0.3 is 5.97 Å². The van der Waals surface area contributed by atoms with Crippen molar-refractivity contribution >= 4 is 29.4 Å². The molecule has 240 valence electrons. The quantitative estimate of drug-likeness (QED) is 0.272. The van der Waals surface area contributed by atoms with E-state index in [2.05, 4.69) is 15.3 Å². The number of anilines is 1. The van der Waals surface area contributed by atoms with E-state index in [-0.39, 0.29) is 35.9 Å². The molecular weight excluding hydrogens is 601 g/mol. The maximum atomic E-state index is 14.8. The minimum atomic E-state index is -0.840. The Hall–Kier alpha value is -5.45. The molecule has 4 aromatic rings. The molecule has 0 spiro atoms. The number of amides is 3. The number of rotatable bonds is 8. The van der Waals surface area contributed by atoms with Crippen LogP contribution < -0.4 is 10.2 Å². The lowest BCUT2D eigenvalue weighted by Gasteiger charge is -2.34. The van der Waals surface area contributed by atoms with Gasteiger partial charge in [0.05, 0.1) is 16.8 Å². The number of carbonyl (C=O) groups is 4. The second-order valence-electron chi connectivity index (χ2n) is 12.1. The fourth-order valence-corrected chi connectivity index (χ4v) is 5.94. The van der Waals surface area contributed by atoms with Crippen LogP contribution in [0.3, 0.4) is 0 Å². The Morgan fingerprint density at radius 1 is 0.979 bits per heavy atom. The normalized spacial score (nSPS) is 19.0. The van der Waals surface area contributed by atoms with Gasteiger partial charge in [-0.1, -0.05) is 6.07 Å². The van der Waals surface area contributed by atoms with Crippen LogP contribution in [0.2, 0.25) is 0 Å². The fraction of sp³-hybridized carbons (Fsp3) is 0.278. The number of aryl methyl sites for hydroxylation is 1. The van der Waals surface area contributed by atoms with Crippen molar-refractivity contribution in [3.8, 4) is 11.1 Å². The van der Waals surface area contributed by atoms with E-state index in [4.69, 9.17) is 4.74 Å². The molecule has 10 nitrogen and oxygen atoms in total. The highest BCUT2D eigenvalue weighted by atomic mass is 19.1. The van der Waals surface area contributed by atoms with Crippen molar-refractivity contribution in [2.75, 3.05) is 18.5 Å². The summed E-state index contributed by atoms with van der Waals surface area (Å²) < 4.78 is 20.3. The first-order valence-electron chi connectivity index (χ1n) is 15.4. The number of ether oxygens (including phenoxy) is 1. The summed E-state index contributed by atoms with van der Waals surface area (Å²) >= 11 is 0. The van der Waals surface area contributed by atoms with Crippen LogP contribution in [0, 0.1) is 18.7 Å². The van der Waals surface area contributed by atoms with Crippen LogP contribution in [0.1, 0.15) is 62.1 Å². The van der Waals surface area contributed by atoms with Crippen molar-refractivity contribution in [3.05, 3.63) is 113 Å². The SMILES string of the molecule is Cc1ccc(C(=O)OC2CC(CNC(=O)c3cc(F)cc(CN4C(=O)c5ccc(-c6ccncc6)cc5N(C)C(=O)[C@H]4C)c3)C2)cn1. The zero-order chi connectivity index (χ0) is 33.2. The van der Waals surface area contributed by atoms with Crippen LogP contribution in [0.15, 0.2) is 79.3 Å². The Morgan fingerprint density at radius 2 is 1.74 bits per heavy atom. The molecule has 3 amide bonds. The van der Waals surface area contributed by atoms with E-state index in [1.807, 2.05) is 25.1 Å². The van der Waals surface area contributed by atoms with Gasteiger partial charge in [0.15, 0.2) is 0 Å². The van der Waals surface area contributed by atoms with Crippen LogP contribution in [0.4, 0.5) is 10.1 Å². The minimum absolute atomic E-state index is 0.0741. The Balaban J connectivity index is 1.10. The van der Waals surface area contributed by atoms with Crippen molar-refractivity contribution in [2.24, 2.45) is 5.92 Å². The van der Waals surface area contributed by atoms with Gasteiger partial charge in [0, 0.05) is 50.0 Å². The number of nitrogens with one attached hydrogen (secondary N) is 1.